The van der Waals surface area contributed by atoms with Crippen LogP contribution in [0.4, 0.5) is 10.2 Å². The Morgan fingerprint density at radius 3 is 1.02 bits per heavy atom. The summed E-state index contributed by atoms with van der Waals surface area (Å²) in [5, 5.41) is 58.4. The summed E-state index contributed by atoms with van der Waals surface area (Å²) in [5.41, 5.74) is 4.64. The van der Waals surface area contributed by atoms with E-state index in [1.165, 1.54) is 12.1 Å². The van der Waals surface area contributed by atoms with E-state index in [0.717, 1.165) is 133 Å². The Labute approximate surface area is 787 Å². The molecular formula is C94H110B3Br3Cl2FN9O16. The van der Waals surface area contributed by atoms with Crippen molar-refractivity contribution in [1.82, 2.24) is 15.0 Å². The van der Waals surface area contributed by atoms with Crippen molar-refractivity contribution >= 4 is 103 Å². The number of anilines is 1. The molecule has 678 valence electrons. The average molecular weight is 1980 g/mol. The molecule has 8 saturated heterocycles. The van der Waals surface area contributed by atoms with Crippen LogP contribution in [0.15, 0.2) is 159 Å². The molecule has 0 amide bonds. The van der Waals surface area contributed by atoms with E-state index >= 15 is 0 Å². The molecule has 2 N–H and O–H groups in total. The molecule has 0 spiro atoms. The predicted molar refractivity (Wildman–Crippen MR) is 501 cm³/mol. The summed E-state index contributed by atoms with van der Waals surface area (Å²) in [5.74, 6) is 2.86. The number of nitrogens with zero attached hydrogens (tertiary/aromatic N) is 8. The highest BCUT2D eigenvalue weighted by atomic mass is 79.9. The second-order valence-electron chi connectivity index (χ2n) is 33.7. The first-order valence-corrected chi connectivity index (χ1v) is 45.6. The topological polar surface area (TPSA) is 328 Å². The lowest BCUT2D eigenvalue weighted by Crippen LogP contribution is -2.41. The number of aliphatic hydroxyl groups excluding tert-OH is 1. The lowest BCUT2D eigenvalue weighted by atomic mass is 9.49. The fourth-order valence-corrected chi connectivity index (χ4v) is 14.8. The Hall–Kier alpha value is -8.34. The van der Waals surface area contributed by atoms with Gasteiger partial charge in [-0.15, -0.1) is 0 Å². The van der Waals surface area contributed by atoms with E-state index in [4.69, 9.17) is 109 Å². The largest absolute Gasteiger partial charge is 0.494 e. The molecule has 0 unspecified atom stereocenters. The maximum Gasteiger partial charge on any atom is 0.494 e. The molecule has 34 heteroatoms. The molecule has 0 aliphatic carbocycles. The standard InChI is InChI=1S/C18H24BNO4.C18H19N3O2.C17H15ClN2O2.C12H24B2O4.C12H12BrNO2.C7H3BrFN.C5H3BrClN.C5H10O2/c1-17(2)18(3,4)24-19(23-17)14-5-6-16(13(11-14)12-20)22-15-7-9-21-10-8-15;1-20-18-11-14(4-7-21-18)13-2-3-17(15(10-13)12-19)23-16-5-8-22-9-6-16;18-17-10-13(3-6-20-17)12-1-2-16(14(9-12)11-19)22-15-4-7-21-8-5-15;1-9(2)10(3,4)16-13(15-9)14-17-11(5,6)12(7,8)18-14;13-10-1-2-12(9(7-10)8-14)16-11-3-5-15-6-4-11;8-6-1-2-7(9)5(3-6)4-10;6-4-1-2-8-5(7)3-4;6-5-1-3-7-4-2-5/h5-6,11,15H,7-10H2,1-4H3;2-4,7,10-11,16H,5-6,8-9H2,1H3,(H,20,21);1-3,6,9-10,15H,4-5,7-8H2;1-8H3;1-2,7,11H,3-6H2;1-3H;1-3H;5-6H,1-4H2. The Kier molecular flexibility index (Phi) is 39.8. The molecule has 0 bridgehead atoms. The predicted octanol–water partition coefficient (Wildman–Crippen LogP) is 19.7. The molecule has 25 nitrogen and oxygen atoms in total. The molecule has 16 rings (SSSR count). The van der Waals surface area contributed by atoms with Gasteiger partial charge in [-0.3, -0.25) is 0 Å². The van der Waals surface area contributed by atoms with Crippen LogP contribution in [0, 0.1) is 62.5 Å². The number of aromatic nitrogens is 3. The highest BCUT2D eigenvalue weighted by Gasteiger charge is 2.64. The number of pyridine rings is 3. The summed E-state index contributed by atoms with van der Waals surface area (Å²) in [7, 11) is 0.406. The lowest BCUT2D eigenvalue weighted by molar-refractivity contribution is 0.00578. The number of nitrogens with one attached hydrogen (secondary N) is 1. The average Bonchev–Trinajstić information content (AvgIpc) is 1.60. The molecule has 8 aromatic rings. The van der Waals surface area contributed by atoms with Crippen molar-refractivity contribution < 1.29 is 80.1 Å². The van der Waals surface area contributed by atoms with Crippen LogP contribution in [0.3, 0.4) is 0 Å². The first kappa shape index (κ1) is 103. The maximum atomic E-state index is 12.5. The highest BCUT2D eigenvalue weighted by Crippen LogP contribution is 2.44. The summed E-state index contributed by atoms with van der Waals surface area (Å²) in [4.78, 5) is 12.0. The molecule has 128 heavy (non-hydrogen) atoms. The van der Waals surface area contributed by atoms with Gasteiger partial charge in [0.25, 0.3) is 0 Å². The van der Waals surface area contributed by atoms with Crippen molar-refractivity contribution in [3.8, 4) is 75.6 Å². The number of benzene rings is 5. The van der Waals surface area contributed by atoms with Crippen LogP contribution < -0.4 is 29.7 Å². The quantitative estimate of drug-likeness (QED) is 0.0800. The van der Waals surface area contributed by atoms with Crippen LogP contribution >= 0.6 is 71.0 Å². The third-order valence-corrected chi connectivity index (χ3v) is 24.8. The first-order chi connectivity index (χ1) is 61.0. The summed E-state index contributed by atoms with van der Waals surface area (Å²) >= 11 is 21.1. The second-order valence-corrected chi connectivity index (χ2v) is 37.3. The molecular weight excluding hydrogens is 1870 g/mol. The van der Waals surface area contributed by atoms with E-state index in [-0.39, 0.29) is 58.5 Å². The fraction of sp³-hybridized carbons (Fsp3) is 0.468. The maximum absolute atomic E-state index is 12.5. The normalized spacial score (nSPS) is 18.9. The summed E-state index contributed by atoms with van der Waals surface area (Å²) < 4.78 is 101. The molecule has 5 aromatic carbocycles. The van der Waals surface area contributed by atoms with Gasteiger partial charge in [-0.1, -0.05) is 89.2 Å². The minimum absolute atomic E-state index is 0.0642. The van der Waals surface area contributed by atoms with Gasteiger partial charge in [0.05, 0.1) is 120 Å². The van der Waals surface area contributed by atoms with Gasteiger partial charge in [-0.2, -0.15) is 26.3 Å². The smallest absolute Gasteiger partial charge is 0.489 e. The molecule has 0 atom stereocenters. The highest BCUT2D eigenvalue weighted by molar-refractivity contribution is 9.11. The van der Waals surface area contributed by atoms with Gasteiger partial charge in [0.1, 0.15) is 99.7 Å². The summed E-state index contributed by atoms with van der Waals surface area (Å²) in [6.07, 6.45) is 14.0. The third-order valence-electron chi connectivity index (χ3n) is 22.9. The zero-order valence-electron chi connectivity index (χ0n) is 74.5. The van der Waals surface area contributed by atoms with Gasteiger partial charge >= 0.3 is 21.1 Å². The van der Waals surface area contributed by atoms with Gasteiger partial charge in [0, 0.05) is 104 Å². The number of hydrogen-bond acceptors (Lipinski definition) is 25. The lowest BCUT2D eigenvalue weighted by Gasteiger charge is -2.32. The monoisotopic (exact) mass is 1980 g/mol. The summed E-state index contributed by atoms with van der Waals surface area (Å²) in [6, 6.07) is 48.2. The molecule has 11 heterocycles. The van der Waals surface area contributed by atoms with Gasteiger partial charge in [0.2, 0.25) is 0 Å². The van der Waals surface area contributed by atoms with Crippen LogP contribution in [0.1, 0.15) is 175 Å². The zero-order chi connectivity index (χ0) is 92.8. The number of ether oxygens (including phenoxy) is 9. The zero-order valence-corrected chi connectivity index (χ0v) is 80.8. The van der Waals surface area contributed by atoms with Gasteiger partial charge in [-0.05, 0) is 233 Å². The Morgan fingerprint density at radius 1 is 0.375 bits per heavy atom. The van der Waals surface area contributed by atoms with Crippen molar-refractivity contribution in [2.24, 2.45) is 0 Å². The van der Waals surface area contributed by atoms with Gasteiger partial charge in [-0.25, -0.2) is 19.3 Å². The van der Waals surface area contributed by atoms with Crippen LogP contribution in [-0.4, -0.2) is 178 Å². The SMILES string of the molecule is CC1(C)OB(B2OC(C)(C)C(C)(C)O2)OC1(C)C.CC1(C)OB(c2ccc(OC3CCOCC3)c(C#N)c2)OC1(C)C.CNc1cc(-c2ccc(OC3CCOCC3)c(C#N)c2)ccn1.Clc1cc(Br)ccn1.N#Cc1cc(-c2ccnc(Cl)c2)ccc1OC1CCOCC1.N#Cc1cc(Br)ccc1F.N#Cc1cc(Br)ccc1OC1CCOCC1.OC1CCOCC1. The van der Waals surface area contributed by atoms with Crippen molar-refractivity contribution in [1.29, 1.82) is 26.3 Å². The van der Waals surface area contributed by atoms with E-state index in [1.54, 1.807) is 55.0 Å². The van der Waals surface area contributed by atoms with Crippen LogP contribution in [0.5, 0.6) is 23.0 Å². The Morgan fingerprint density at radius 2 is 0.680 bits per heavy atom. The van der Waals surface area contributed by atoms with Gasteiger partial charge < -0.3 is 81.0 Å². The molecule has 8 fully saturated rings. The van der Waals surface area contributed by atoms with E-state index in [0.29, 0.717) is 99.7 Å². The van der Waals surface area contributed by atoms with Crippen molar-refractivity contribution in [2.75, 3.05) is 78.4 Å². The fourth-order valence-electron chi connectivity index (χ4n) is 13.2. The number of nitriles is 5. The third kappa shape index (κ3) is 30.9. The van der Waals surface area contributed by atoms with E-state index in [1.807, 2.05) is 175 Å². The van der Waals surface area contributed by atoms with Crippen molar-refractivity contribution in [3.63, 3.8) is 0 Å². The van der Waals surface area contributed by atoms with Crippen molar-refractivity contribution in [3.05, 3.63) is 203 Å². The molecule has 8 aliphatic heterocycles. The number of hydrogen-bond donors (Lipinski definition) is 2. The first-order valence-electron chi connectivity index (χ1n) is 42.5. The summed E-state index contributed by atoms with van der Waals surface area (Å²) in [6.45, 7) is 31.5. The van der Waals surface area contributed by atoms with E-state index < -0.39 is 38.2 Å². The Bertz CT molecular complexity index is 5070. The Balaban J connectivity index is 0.000000170. The van der Waals surface area contributed by atoms with Crippen LogP contribution in [0.2, 0.25) is 10.3 Å². The minimum Gasteiger partial charge on any atom is -0.489 e. The van der Waals surface area contributed by atoms with Crippen LogP contribution in [-0.2, 0) is 51.6 Å². The number of aliphatic hydroxyl groups is 1. The number of rotatable bonds is 13. The molecule has 8 aliphatic rings. The van der Waals surface area contributed by atoms with Gasteiger partial charge in [0.15, 0.2) is 0 Å². The molecule has 0 saturated carbocycles. The number of halogens is 6. The molecule has 0 radical (unpaired) electrons. The minimum atomic E-state index is -0.481. The van der Waals surface area contributed by atoms with Crippen molar-refractivity contribution in [2.45, 2.75) is 211 Å². The second kappa shape index (κ2) is 49.2. The van der Waals surface area contributed by atoms with E-state index in [2.05, 4.69) is 92.3 Å². The van der Waals surface area contributed by atoms with E-state index in [9.17, 15) is 20.2 Å². The van der Waals surface area contributed by atoms with Crippen LogP contribution in [0.25, 0.3) is 22.3 Å². The molecule has 3 aromatic heterocycles.